The molecule has 0 amide bonds. The van der Waals surface area contributed by atoms with Crippen molar-refractivity contribution in [1.29, 1.82) is 0 Å². The van der Waals surface area contributed by atoms with E-state index in [1.54, 1.807) is 36.4 Å². The van der Waals surface area contributed by atoms with E-state index in [9.17, 15) is 0 Å². The molecule has 0 N–H and O–H groups in total. The van der Waals surface area contributed by atoms with Crippen molar-refractivity contribution in [2.75, 3.05) is 5.75 Å². The van der Waals surface area contributed by atoms with Crippen molar-refractivity contribution in [1.82, 2.24) is 9.55 Å². The highest BCUT2D eigenvalue weighted by Gasteiger charge is 2.13. The Morgan fingerprint density at radius 3 is 2.56 bits per heavy atom. The molecule has 1 unspecified atom stereocenters. The third kappa shape index (κ3) is 6.31. The maximum absolute atomic E-state index is 6.25. The molecular weight excluding hydrogens is 446 g/mol. The first-order valence-corrected chi connectivity index (χ1v) is 10.6. The topological polar surface area (TPSA) is 27.1 Å². The van der Waals surface area contributed by atoms with Gasteiger partial charge in [0.15, 0.2) is 0 Å². The van der Waals surface area contributed by atoms with Gasteiger partial charge in [0.05, 0.1) is 35.6 Å². The van der Waals surface area contributed by atoms with Crippen molar-refractivity contribution >= 4 is 58.2 Å². The number of thioether (sulfide) groups is 1. The van der Waals surface area contributed by atoms with Crippen LogP contribution in [-0.2, 0) is 17.9 Å². The number of ether oxygens (including phenoxy) is 1. The van der Waals surface area contributed by atoms with Gasteiger partial charge in [-0.3, -0.25) is 0 Å². The first-order chi connectivity index (χ1) is 13.0. The first-order valence-electron chi connectivity index (χ1n) is 8.10. The van der Waals surface area contributed by atoms with Crippen molar-refractivity contribution in [2.45, 2.75) is 24.2 Å². The Morgan fingerprint density at radius 1 is 1.00 bits per heavy atom. The molecule has 3 nitrogen and oxygen atoms in total. The molecule has 2 aromatic carbocycles. The largest absolute Gasteiger partial charge is 0.371 e. The number of imidazole rings is 1. The number of hydrogen-bond donors (Lipinski definition) is 0. The van der Waals surface area contributed by atoms with Gasteiger partial charge in [-0.25, -0.2) is 4.98 Å². The molecule has 1 atom stereocenters. The highest BCUT2D eigenvalue weighted by molar-refractivity contribution is 7.99. The number of benzene rings is 2. The van der Waals surface area contributed by atoms with Gasteiger partial charge < -0.3 is 9.30 Å². The van der Waals surface area contributed by atoms with Crippen LogP contribution in [0, 0.1) is 0 Å². The maximum atomic E-state index is 6.25. The van der Waals surface area contributed by atoms with Gasteiger partial charge in [0, 0.05) is 33.1 Å². The van der Waals surface area contributed by atoms with Gasteiger partial charge in [-0.05, 0) is 35.9 Å². The minimum absolute atomic E-state index is 0.0506. The van der Waals surface area contributed by atoms with Gasteiger partial charge in [-0.15, -0.1) is 11.8 Å². The van der Waals surface area contributed by atoms with Crippen LogP contribution in [0.3, 0.4) is 0 Å². The Hall–Kier alpha value is -0.880. The summed E-state index contributed by atoms with van der Waals surface area (Å²) in [7, 11) is 0. The Morgan fingerprint density at radius 2 is 1.85 bits per heavy atom. The van der Waals surface area contributed by atoms with Crippen LogP contribution >= 0.6 is 58.2 Å². The minimum atomic E-state index is -0.0506. The summed E-state index contributed by atoms with van der Waals surface area (Å²) in [4.78, 5) is 5.12. The smallest absolute Gasteiger partial charge is 0.0946 e. The van der Waals surface area contributed by atoms with Crippen molar-refractivity contribution in [2.24, 2.45) is 0 Å². The van der Waals surface area contributed by atoms with Gasteiger partial charge in [0.25, 0.3) is 0 Å². The third-order valence-corrected chi connectivity index (χ3v) is 6.24. The summed E-state index contributed by atoms with van der Waals surface area (Å²) in [5, 5.41) is 2.29. The van der Waals surface area contributed by atoms with Crippen LogP contribution in [0.25, 0.3) is 0 Å². The highest BCUT2D eigenvalue weighted by Crippen LogP contribution is 2.29. The molecule has 0 fully saturated rings. The summed E-state index contributed by atoms with van der Waals surface area (Å²) in [5.41, 5.74) is 0.899. The van der Waals surface area contributed by atoms with E-state index in [-0.39, 0.29) is 6.10 Å². The number of aromatic nitrogens is 2. The van der Waals surface area contributed by atoms with Gasteiger partial charge in [-0.1, -0.05) is 52.5 Å². The molecule has 0 aliphatic rings. The zero-order valence-corrected chi connectivity index (χ0v) is 18.0. The molecule has 3 aromatic rings. The van der Waals surface area contributed by atoms with Crippen molar-refractivity contribution in [3.63, 3.8) is 0 Å². The predicted molar refractivity (Wildman–Crippen MR) is 114 cm³/mol. The van der Waals surface area contributed by atoms with E-state index >= 15 is 0 Å². The van der Waals surface area contributed by atoms with Crippen LogP contribution in [0.4, 0.5) is 0 Å². The van der Waals surface area contributed by atoms with E-state index in [1.807, 2.05) is 35.0 Å². The van der Waals surface area contributed by atoms with Crippen LogP contribution < -0.4 is 0 Å². The zero-order chi connectivity index (χ0) is 19.2. The van der Waals surface area contributed by atoms with Crippen molar-refractivity contribution in [3.8, 4) is 0 Å². The minimum Gasteiger partial charge on any atom is -0.371 e. The van der Waals surface area contributed by atoms with Crippen LogP contribution in [0.5, 0.6) is 0 Å². The summed E-state index contributed by atoms with van der Waals surface area (Å²) in [6.45, 7) is 1.08. The summed E-state index contributed by atoms with van der Waals surface area (Å²) < 4.78 is 8.13. The van der Waals surface area contributed by atoms with Gasteiger partial charge in [-0.2, -0.15) is 0 Å². The molecular formula is C19H16Cl4N2OS. The van der Waals surface area contributed by atoms with E-state index in [0.717, 1.165) is 16.2 Å². The Labute approximate surface area is 182 Å². The first kappa shape index (κ1) is 20.8. The van der Waals surface area contributed by atoms with Gasteiger partial charge in [0.2, 0.25) is 0 Å². The summed E-state index contributed by atoms with van der Waals surface area (Å²) in [6.07, 6.45) is 5.38. The fourth-order valence-electron chi connectivity index (χ4n) is 2.39. The monoisotopic (exact) mass is 460 g/mol. The molecule has 1 heterocycles. The fourth-order valence-corrected chi connectivity index (χ4v) is 4.16. The lowest BCUT2D eigenvalue weighted by Crippen LogP contribution is -2.22. The van der Waals surface area contributed by atoms with Crippen LogP contribution in [-0.4, -0.2) is 21.4 Å². The maximum Gasteiger partial charge on any atom is 0.0946 e. The summed E-state index contributed by atoms with van der Waals surface area (Å²) in [6, 6.07) is 11.0. The molecule has 27 heavy (non-hydrogen) atoms. The standard InChI is InChI=1S/C19H16Cl4N2OS/c20-14-2-1-13(18(22)7-14)10-26-15(9-25-6-5-24-12-25)11-27-16-3-4-17(21)19(23)8-16/h1-8,12,15H,9-11H2. The van der Waals surface area contributed by atoms with E-state index < -0.39 is 0 Å². The lowest BCUT2D eigenvalue weighted by Gasteiger charge is -2.19. The van der Waals surface area contributed by atoms with Crippen LogP contribution in [0.1, 0.15) is 5.56 Å². The Kier molecular flexibility index (Phi) is 7.76. The summed E-state index contributed by atoms with van der Waals surface area (Å²) in [5.74, 6) is 0.737. The molecule has 0 spiro atoms. The molecule has 3 rings (SSSR count). The molecule has 1 aromatic heterocycles. The van der Waals surface area contributed by atoms with Gasteiger partial charge >= 0.3 is 0 Å². The molecule has 142 valence electrons. The zero-order valence-electron chi connectivity index (χ0n) is 14.1. The third-order valence-electron chi connectivity index (χ3n) is 3.79. The molecule has 0 bridgehead atoms. The van der Waals surface area contributed by atoms with E-state index in [4.69, 9.17) is 51.1 Å². The lowest BCUT2D eigenvalue weighted by atomic mass is 10.2. The van der Waals surface area contributed by atoms with Crippen molar-refractivity contribution < 1.29 is 4.74 Å². The number of rotatable bonds is 8. The molecule has 0 saturated heterocycles. The SMILES string of the molecule is Clc1ccc(COC(CSc2ccc(Cl)c(Cl)c2)Cn2ccnc2)c(Cl)c1. The summed E-state index contributed by atoms with van der Waals surface area (Å²) >= 11 is 25.9. The quantitative estimate of drug-likeness (QED) is 0.342. The second-order valence-electron chi connectivity index (χ2n) is 5.82. The Bertz CT molecular complexity index is 889. The average molecular weight is 462 g/mol. The van der Waals surface area contributed by atoms with Gasteiger partial charge in [0.1, 0.15) is 0 Å². The Balaban J connectivity index is 1.65. The second-order valence-corrected chi connectivity index (χ2v) is 8.57. The number of nitrogens with zero attached hydrogens (tertiary/aromatic N) is 2. The van der Waals surface area contributed by atoms with Crippen LogP contribution in [0.15, 0.2) is 60.0 Å². The molecule has 0 saturated carbocycles. The molecule has 0 aliphatic carbocycles. The predicted octanol–water partition coefficient (Wildman–Crippen LogP) is 6.87. The van der Waals surface area contributed by atoms with Crippen LogP contribution in [0.2, 0.25) is 20.1 Å². The normalized spacial score (nSPS) is 12.3. The average Bonchev–Trinajstić information content (AvgIpc) is 3.14. The van der Waals surface area contributed by atoms with E-state index in [2.05, 4.69) is 4.98 Å². The number of halogens is 4. The molecule has 0 aliphatic heterocycles. The molecule has 0 radical (unpaired) electrons. The van der Waals surface area contributed by atoms with Crippen molar-refractivity contribution in [3.05, 3.63) is 80.8 Å². The van der Waals surface area contributed by atoms with E-state index in [0.29, 0.717) is 33.2 Å². The lowest BCUT2D eigenvalue weighted by molar-refractivity contribution is 0.0451. The fraction of sp³-hybridized carbons (Fsp3) is 0.211. The highest BCUT2D eigenvalue weighted by atomic mass is 35.5. The second kappa shape index (κ2) is 10.1. The van der Waals surface area contributed by atoms with E-state index in [1.165, 1.54) is 0 Å². The number of hydrogen-bond acceptors (Lipinski definition) is 3. The molecule has 8 heteroatoms.